The minimum Gasteiger partial charge on any atom is -0.444 e. The average molecular weight is 447 g/mol. The van der Waals surface area contributed by atoms with Gasteiger partial charge in [-0.1, -0.05) is 13.8 Å². The molecule has 0 aromatic carbocycles. The van der Waals surface area contributed by atoms with Gasteiger partial charge >= 0.3 is 0 Å². The van der Waals surface area contributed by atoms with E-state index < -0.39 is 0 Å². The number of aliphatic imine (C=N–C) groups is 1. The number of nitrogens with one attached hydrogen (secondary N) is 2. The summed E-state index contributed by atoms with van der Waals surface area (Å²) in [4.78, 5) is 26.1. The number of nitrogens with zero attached hydrogens (tertiary/aromatic N) is 4. The maximum atomic E-state index is 12.2. The first kappa shape index (κ1) is 24.6. The minimum absolute atomic E-state index is 0.0772. The Morgan fingerprint density at radius 3 is 2.41 bits per heavy atom. The van der Waals surface area contributed by atoms with Crippen molar-refractivity contribution < 1.29 is 9.21 Å². The number of amides is 1. The Kier molecular flexibility index (Phi) is 8.96. The van der Waals surface area contributed by atoms with Crippen LogP contribution in [0, 0.1) is 25.7 Å². The molecule has 0 radical (unpaired) electrons. The molecule has 0 saturated carbocycles. The summed E-state index contributed by atoms with van der Waals surface area (Å²) in [6.45, 7) is 16.3. The summed E-state index contributed by atoms with van der Waals surface area (Å²) < 4.78 is 5.74. The quantitative estimate of drug-likeness (QED) is 0.495. The topological polar surface area (TPSA) is 86.0 Å². The van der Waals surface area contributed by atoms with E-state index in [0.29, 0.717) is 12.0 Å². The maximum absolute atomic E-state index is 12.2. The van der Waals surface area contributed by atoms with Crippen molar-refractivity contribution in [1.29, 1.82) is 0 Å². The zero-order valence-corrected chi connectivity index (χ0v) is 20.6. The van der Waals surface area contributed by atoms with Gasteiger partial charge in [0.1, 0.15) is 5.76 Å². The predicted molar refractivity (Wildman–Crippen MR) is 128 cm³/mol. The number of hydrogen-bond donors (Lipinski definition) is 2. The molecule has 1 aromatic heterocycles. The molecule has 2 aliphatic rings. The van der Waals surface area contributed by atoms with Crippen LogP contribution >= 0.6 is 0 Å². The van der Waals surface area contributed by atoms with E-state index in [0.717, 1.165) is 94.8 Å². The summed E-state index contributed by atoms with van der Waals surface area (Å²) >= 11 is 0. The van der Waals surface area contributed by atoms with Crippen molar-refractivity contribution in [1.82, 2.24) is 25.4 Å². The molecule has 2 fully saturated rings. The van der Waals surface area contributed by atoms with Crippen LogP contribution in [0.25, 0.3) is 0 Å². The van der Waals surface area contributed by atoms with Crippen molar-refractivity contribution in [3.63, 3.8) is 0 Å². The van der Waals surface area contributed by atoms with Crippen LogP contribution < -0.4 is 10.6 Å². The van der Waals surface area contributed by atoms with Crippen LogP contribution in [0.15, 0.2) is 9.41 Å². The predicted octanol–water partition coefficient (Wildman–Crippen LogP) is 2.71. The highest BCUT2D eigenvalue weighted by Crippen LogP contribution is 2.20. The monoisotopic (exact) mass is 446 g/mol. The summed E-state index contributed by atoms with van der Waals surface area (Å²) in [6, 6.07) is 0.374. The molecule has 8 nitrogen and oxygen atoms in total. The van der Waals surface area contributed by atoms with Gasteiger partial charge in [-0.2, -0.15) is 0 Å². The van der Waals surface area contributed by atoms with Crippen molar-refractivity contribution in [2.45, 2.75) is 72.9 Å². The van der Waals surface area contributed by atoms with Crippen molar-refractivity contribution >= 4 is 11.9 Å². The highest BCUT2D eigenvalue weighted by atomic mass is 16.4. The molecule has 1 amide bonds. The Balaban J connectivity index is 1.42. The minimum atomic E-state index is 0.0772. The third-order valence-electron chi connectivity index (χ3n) is 6.63. The van der Waals surface area contributed by atoms with E-state index in [2.05, 4.69) is 27.4 Å². The van der Waals surface area contributed by atoms with E-state index in [9.17, 15) is 4.79 Å². The third-order valence-corrected chi connectivity index (χ3v) is 6.63. The summed E-state index contributed by atoms with van der Waals surface area (Å²) in [7, 11) is 0. The molecular formula is C24H42N6O2. The standard InChI is InChI=1S/C24H42N6O2/c1-6-25-24(28-21-9-13-30(14-10-21)23(31)17(2)3)26-15-20-7-11-29(12-8-20)16-22-27-18(4)19(5)32-22/h17,20-21H,6-16H2,1-5H3,(H2,25,26,28). The van der Waals surface area contributed by atoms with Gasteiger partial charge in [0.05, 0.1) is 12.2 Å². The molecule has 3 heterocycles. The number of carbonyl (C=O) groups excluding carboxylic acids is 1. The van der Waals surface area contributed by atoms with E-state index in [1.807, 2.05) is 32.6 Å². The van der Waals surface area contributed by atoms with Gasteiger partial charge < -0.3 is 20.0 Å². The summed E-state index contributed by atoms with van der Waals surface area (Å²) in [6.07, 6.45) is 4.25. The van der Waals surface area contributed by atoms with Gasteiger partial charge in [-0.15, -0.1) is 0 Å². The molecule has 180 valence electrons. The van der Waals surface area contributed by atoms with Gasteiger partial charge in [0.2, 0.25) is 11.8 Å². The number of hydrogen-bond acceptors (Lipinski definition) is 5. The van der Waals surface area contributed by atoms with Crippen LogP contribution in [-0.4, -0.2) is 72.0 Å². The van der Waals surface area contributed by atoms with E-state index in [-0.39, 0.29) is 11.8 Å². The molecule has 0 aliphatic carbocycles. The molecule has 0 bridgehead atoms. The Bertz CT molecular complexity index is 739. The third kappa shape index (κ3) is 6.95. The molecule has 2 N–H and O–H groups in total. The Morgan fingerprint density at radius 2 is 1.84 bits per heavy atom. The fraction of sp³-hybridized carbons (Fsp3) is 0.792. The second kappa shape index (κ2) is 11.7. The van der Waals surface area contributed by atoms with Crippen LogP contribution in [0.2, 0.25) is 0 Å². The number of likely N-dealkylation sites (tertiary alicyclic amines) is 2. The zero-order valence-electron chi connectivity index (χ0n) is 20.6. The average Bonchev–Trinajstić information content (AvgIpc) is 3.09. The van der Waals surface area contributed by atoms with Crippen molar-refractivity contribution in [2.24, 2.45) is 16.8 Å². The largest absolute Gasteiger partial charge is 0.444 e. The summed E-state index contributed by atoms with van der Waals surface area (Å²) in [5.74, 6) is 3.62. The van der Waals surface area contributed by atoms with Gasteiger partial charge in [-0.05, 0) is 65.5 Å². The Morgan fingerprint density at radius 1 is 1.16 bits per heavy atom. The lowest BCUT2D eigenvalue weighted by atomic mass is 9.97. The second-order valence-electron chi connectivity index (χ2n) is 9.59. The van der Waals surface area contributed by atoms with Crippen LogP contribution in [0.3, 0.4) is 0 Å². The Hall–Kier alpha value is -2.09. The Labute approximate surface area is 193 Å². The number of oxazole rings is 1. The number of aromatic nitrogens is 1. The lowest BCUT2D eigenvalue weighted by Gasteiger charge is -2.34. The van der Waals surface area contributed by atoms with E-state index in [1.165, 1.54) is 0 Å². The zero-order chi connectivity index (χ0) is 23.1. The van der Waals surface area contributed by atoms with Crippen molar-refractivity contribution in [3.05, 3.63) is 17.3 Å². The van der Waals surface area contributed by atoms with Crippen LogP contribution in [-0.2, 0) is 11.3 Å². The maximum Gasteiger partial charge on any atom is 0.225 e. The number of rotatable bonds is 7. The molecule has 2 saturated heterocycles. The molecule has 32 heavy (non-hydrogen) atoms. The van der Waals surface area contributed by atoms with Crippen molar-refractivity contribution in [2.75, 3.05) is 39.3 Å². The fourth-order valence-corrected chi connectivity index (χ4v) is 4.47. The fourth-order valence-electron chi connectivity index (χ4n) is 4.47. The van der Waals surface area contributed by atoms with Crippen LogP contribution in [0.1, 0.15) is 63.8 Å². The smallest absolute Gasteiger partial charge is 0.225 e. The lowest BCUT2D eigenvalue weighted by Crippen LogP contribution is -2.50. The van der Waals surface area contributed by atoms with E-state index >= 15 is 0 Å². The molecule has 0 spiro atoms. The van der Waals surface area contributed by atoms with Gasteiger partial charge in [0.15, 0.2) is 5.96 Å². The van der Waals surface area contributed by atoms with Gasteiger partial charge in [-0.3, -0.25) is 14.7 Å². The highest BCUT2D eigenvalue weighted by molar-refractivity contribution is 5.80. The SMILES string of the molecule is CCNC(=NCC1CCN(Cc2nc(C)c(C)o2)CC1)NC1CCN(C(=O)C(C)C)CC1. The number of aryl methyl sites for hydroxylation is 2. The molecule has 3 rings (SSSR count). The van der Waals surface area contributed by atoms with Gasteiger partial charge in [-0.25, -0.2) is 4.98 Å². The number of carbonyl (C=O) groups is 1. The summed E-state index contributed by atoms with van der Waals surface area (Å²) in [5, 5.41) is 7.00. The van der Waals surface area contributed by atoms with Gasteiger partial charge in [0.25, 0.3) is 0 Å². The molecule has 8 heteroatoms. The highest BCUT2D eigenvalue weighted by Gasteiger charge is 2.25. The summed E-state index contributed by atoms with van der Waals surface area (Å²) in [5.41, 5.74) is 0.991. The molecule has 0 atom stereocenters. The molecular weight excluding hydrogens is 404 g/mol. The van der Waals surface area contributed by atoms with E-state index in [1.54, 1.807) is 0 Å². The molecule has 0 unspecified atom stereocenters. The normalized spacial score (nSPS) is 19.6. The van der Waals surface area contributed by atoms with Crippen LogP contribution in [0.5, 0.6) is 0 Å². The molecule has 2 aliphatic heterocycles. The first-order valence-corrected chi connectivity index (χ1v) is 12.3. The molecule has 1 aromatic rings. The van der Waals surface area contributed by atoms with Gasteiger partial charge in [0, 0.05) is 38.1 Å². The number of guanidine groups is 1. The lowest BCUT2D eigenvalue weighted by molar-refractivity contribution is -0.135. The van der Waals surface area contributed by atoms with E-state index in [4.69, 9.17) is 9.41 Å². The van der Waals surface area contributed by atoms with Crippen LogP contribution in [0.4, 0.5) is 0 Å². The van der Waals surface area contributed by atoms with Crippen molar-refractivity contribution in [3.8, 4) is 0 Å². The second-order valence-corrected chi connectivity index (χ2v) is 9.59. The first-order chi connectivity index (χ1) is 15.4. The first-order valence-electron chi connectivity index (χ1n) is 12.3. The number of piperidine rings is 2.